The van der Waals surface area contributed by atoms with Crippen molar-refractivity contribution in [3.63, 3.8) is 0 Å². The topological polar surface area (TPSA) is 29.5 Å². The Morgan fingerprint density at radius 1 is 1.38 bits per heavy atom. The molecule has 16 heavy (non-hydrogen) atoms. The predicted octanol–water partition coefficient (Wildman–Crippen LogP) is 3.48. The van der Waals surface area contributed by atoms with Crippen molar-refractivity contribution in [1.29, 1.82) is 0 Å². The van der Waals surface area contributed by atoms with Crippen molar-refractivity contribution in [2.45, 2.75) is 52.2 Å². The second-order valence-corrected chi connectivity index (χ2v) is 4.72. The molecule has 0 saturated heterocycles. The van der Waals surface area contributed by atoms with Gasteiger partial charge >= 0.3 is 0 Å². The Balaban J connectivity index is 2.89. The Bertz CT molecular complexity index is 329. The molecule has 0 aliphatic carbocycles. The summed E-state index contributed by atoms with van der Waals surface area (Å²) in [5.41, 5.74) is 0.165. The first-order valence-corrected chi connectivity index (χ1v) is 5.95. The lowest BCUT2D eigenvalue weighted by Crippen LogP contribution is -2.20. The van der Waals surface area contributed by atoms with E-state index in [1.165, 1.54) is 0 Å². The fourth-order valence-electron chi connectivity index (χ4n) is 1.81. The van der Waals surface area contributed by atoms with Crippen LogP contribution in [0.1, 0.15) is 46.1 Å². The lowest BCUT2D eigenvalue weighted by Gasteiger charge is -2.24. The Labute approximate surface area is 98.3 Å². The number of rotatable bonds is 5. The molecule has 0 aliphatic heterocycles. The molecule has 1 rings (SSSR count). The van der Waals surface area contributed by atoms with Crippen LogP contribution in [0.5, 0.6) is 5.75 Å². The van der Waals surface area contributed by atoms with Crippen molar-refractivity contribution in [2.75, 3.05) is 0 Å². The second kappa shape index (κ2) is 5.35. The first-order chi connectivity index (χ1) is 7.45. The molecule has 2 heteroatoms. The van der Waals surface area contributed by atoms with Gasteiger partial charge in [-0.25, -0.2) is 0 Å². The molecule has 1 atom stereocenters. The van der Waals surface area contributed by atoms with E-state index >= 15 is 0 Å². The van der Waals surface area contributed by atoms with Crippen LogP contribution in [-0.4, -0.2) is 11.2 Å². The smallest absolute Gasteiger partial charge is 0.120 e. The average molecular weight is 222 g/mol. The van der Waals surface area contributed by atoms with E-state index in [9.17, 15) is 5.11 Å². The van der Waals surface area contributed by atoms with Crippen molar-refractivity contribution in [3.8, 4) is 5.75 Å². The van der Waals surface area contributed by atoms with Gasteiger partial charge in [0.2, 0.25) is 0 Å². The third kappa shape index (κ3) is 3.53. The first kappa shape index (κ1) is 13.0. The van der Waals surface area contributed by atoms with E-state index < -0.39 is 5.60 Å². The maximum atomic E-state index is 10.3. The zero-order chi connectivity index (χ0) is 12.2. The van der Waals surface area contributed by atoms with Gasteiger partial charge in [-0.2, -0.15) is 0 Å². The van der Waals surface area contributed by atoms with Gasteiger partial charge in [-0.3, -0.25) is 0 Å². The fourth-order valence-corrected chi connectivity index (χ4v) is 1.81. The number of benzene rings is 1. The van der Waals surface area contributed by atoms with Gasteiger partial charge in [0.25, 0.3) is 0 Å². The number of ether oxygens (including phenoxy) is 1. The molecular formula is C14H22O2. The van der Waals surface area contributed by atoms with E-state index in [-0.39, 0.29) is 6.10 Å². The van der Waals surface area contributed by atoms with E-state index in [0.29, 0.717) is 0 Å². The molecule has 0 aromatic heterocycles. The lowest BCUT2D eigenvalue weighted by atomic mass is 9.91. The Hall–Kier alpha value is -1.02. The summed E-state index contributed by atoms with van der Waals surface area (Å²) in [6, 6.07) is 7.72. The third-order valence-corrected chi connectivity index (χ3v) is 2.56. The predicted molar refractivity (Wildman–Crippen MR) is 66.7 cm³/mol. The number of hydrogen-bond donors (Lipinski definition) is 1. The summed E-state index contributed by atoms with van der Waals surface area (Å²) >= 11 is 0. The van der Waals surface area contributed by atoms with Crippen LogP contribution in [0.2, 0.25) is 0 Å². The largest absolute Gasteiger partial charge is 0.491 e. The van der Waals surface area contributed by atoms with E-state index in [2.05, 4.69) is 6.92 Å². The van der Waals surface area contributed by atoms with Crippen molar-refractivity contribution >= 4 is 0 Å². The van der Waals surface area contributed by atoms with Gasteiger partial charge in [0.15, 0.2) is 0 Å². The summed E-state index contributed by atoms with van der Waals surface area (Å²) in [5, 5.41) is 10.3. The zero-order valence-corrected chi connectivity index (χ0v) is 10.7. The molecule has 1 unspecified atom stereocenters. The summed E-state index contributed by atoms with van der Waals surface area (Å²) in [6.45, 7) is 7.92. The number of aliphatic hydroxyl groups is 1. The van der Waals surface area contributed by atoms with Crippen LogP contribution in [0.25, 0.3) is 0 Å². The average Bonchev–Trinajstić information content (AvgIpc) is 2.17. The highest BCUT2D eigenvalue weighted by atomic mass is 16.5. The number of hydrogen-bond acceptors (Lipinski definition) is 2. The van der Waals surface area contributed by atoms with E-state index in [1.807, 2.05) is 45.0 Å². The van der Waals surface area contributed by atoms with Gasteiger partial charge in [-0.1, -0.05) is 25.5 Å². The van der Waals surface area contributed by atoms with Gasteiger partial charge in [0.05, 0.1) is 11.7 Å². The monoisotopic (exact) mass is 222 g/mol. The van der Waals surface area contributed by atoms with Gasteiger partial charge in [0.1, 0.15) is 5.75 Å². The van der Waals surface area contributed by atoms with E-state index in [1.54, 1.807) is 0 Å². The molecule has 1 aromatic rings. The summed E-state index contributed by atoms with van der Waals surface area (Å²) < 4.78 is 5.62. The molecule has 0 radical (unpaired) electrons. The van der Waals surface area contributed by atoms with E-state index in [4.69, 9.17) is 4.74 Å². The standard InChI is InChI=1S/C14H22O2/c1-5-9-14(4,15)12-7-6-8-13(10-12)16-11(2)3/h6-8,10-11,15H,5,9H2,1-4H3. The van der Waals surface area contributed by atoms with Gasteiger partial charge in [0, 0.05) is 0 Å². The van der Waals surface area contributed by atoms with Crippen LogP contribution >= 0.6 is 0 Å². The normalized spacial score (nSPS) is 14.9. The third-order valence-electron chi connectivity index (χ3n) is 2.56. The molecule has 0 amide bonds. The molecule has 90 valence electrons. The maximum Gasteiger partial charge on any atom is 0.120 e. The van der Waals surface area contributed by atoms with Crippen LogP contribution in [0, 0.1) is 0 Å². The first-order valence-electron chi connectivity index (χ1n) is 5.95. The molecular weight excluding hydrogens is 200 g/mol. The highest BCUT2D eigenvalue weighted by Crippen LogP contribution is 2.28. The summed E-state index contributed by atoms with van der Waals surface area (Å²) in [5.74, 6) is 0.823. The van der Waals surface area contributed by atoms with Crippen molar-refractivity contribution < 1.29 is 9.84 Å². The minimum Gasteiger partial charge on any atom is -0.491 e. The molecule has 0 aliphatic rings. The minimum atomic E-state index is -0.759. The second-order valence-electron chi connectivity index (χ2n) is 4.72. The molecule has 2 nitrogen and oxygen atoms in total. The highest BCUT2D eigenvalue weighted by molar-refractivity contribution is 5.32. The van der Waals surface area contributed by atoms with Crippen molar-refractivity contribution in [1.82, 2.24) is 0 Å². The van der Waals surface area contributed by atoms with E-state index in [0.717, 1.165) is 24.2 Å². The molecule has 1 N–H and O–H groups in total. The minimum absolute atomic E-state index is 0.159. The van der Waals surface area contributed by atoms with Crippen LogP contribution < -0.4 is 4.74 Å². The summed E-state index contributed by atoms with van der Waals surface area (Å²) in [4.78, 5) is 0. The van der Waals surface area contributed by atoms with Crippen molar-refractivity contribution in [3.05, 3.63) is 29.8 Å². The van der Waals surface area contributed by atoms with Crippen LogP contribution in [0.15, 0.2) is 24.3 Å². The van der Waals surface area contributed by atoms with Gasteiger partial charge < -0.3 is 9.84 Å². The molecule has 0 saturated carbocycles. The van der Waals surface area contributed by atoms with Crippen LogP contribution in [-0.2, 0) is 5.60 Å². The quantitative estimate of drug-likeness (QED) is 0.826. The Morgan fingerprint density at radius 2 is 2.06 bits per heavy atom. The molecule has 1 aromatic carbocycles. The van der Waals surface area contributed by atoms with Gasteiger partial charge in [-0.05, 0) is 44.9 Å². The maximum absolute atomic E-state index is 10.3. The zero-order valence-electron chi connectivity index (χ0n) is 10.7. The Morgan fingerprint density at radius 3 is 2.62 bits per heavy atom. The molecule has 0 bridgehead atoms. The molecule has 0 fully saturated rings. The Kier molecular flexibility index (Phi) is 4.36. The fraction of sp³-hybridized carbons (Fsp3) is 0.571. The lowest BCUT2D eigenvalue weighted by molar-refractivity contribution is 0.0466. The summed E-state index contributed by atoms with van der Waals surface area (Å²) in [6.07, 6.45) is 1.88. The van der Waals surface area contributed by atoms with Crippen LogP contribution in [0.4, 0.5) is 0 Å². The summed E-state index contributed by atoms with van der Waals surface area (Å²) in [7, 11) is 0. The van der Waals surface area contributed by atoms with Crippen LogP contribution in [0.3, 0.4) is 0 Å². The van der Waals surface area contributed by atoms with Crippen molar-refractivity contribution in [2.24, 2.45) is 0 Å². The molecule has 0 heterocycles. The molecule has 0 spiro atoms. The van der Waals surface area contributed by atoms with Gasteiger partial charge in [-0.15, -0.1) is 0 Å². The SMILES string of the molecule is CCCC(C)(O)c1cccc(OC(C)C)c1. The highest BCUT2D eigenvalue weighted by Gasteiger charge is 2.22.